The summed E-state index contributed by atoms with van der Waals surface area (Å²) in [5.74, 6) is 1.36. The summed E-state index contributed by atoms with van der Waals surface area (Å²) in [4.78, 5) is 26.8. The summed E-state index contributed by atoms with van der Waals surface area (Å²) >= 11 is 0. The highest BCUT2D eigenvalue weighted by Gasteiger charge is 2.37. The first-order valence-electron chi connectivity index (χ1n) is 9.90. The van der Waals surface area contributed by atoms with Gasteiger partial charge in [0.2, 0.25) is 11.8 Å². The lowest BCUT2D eigenvalue weighted by atomic mass is 9.93. The van der Waals surface area contributed by atoms with Gasteiger partial charge in [0.15, 0.2) is 0 Å². The zero-order valence-corrected chi connectivity index (χ0v) is 16.4. The van der Waals surface area contributed by atoms with Crippen LogP contribution in [0, 0.1) is 11.3 Å². The molecule has 1 aliphatic carbocycles. The summed E-state index contributed by atoms with van der Waals surface area (Å²) < 4.78 is 5.93. The van der Waals surface area contributed by atoms with Gasteiger partial charge in [-0.25, -0.2) is 0 Å². The number of ether oxygens (including phenoxy) is 1. The van der Waals surface area contributed by atoms with E-state index < -0.39 is 5.41 Å². The molecule has 1 aromatic carbocycles. The average molecular weight is 370 g/mol. The van der Waals surface area contributed by atoms with Crippen LogP contribution in [0.25, 0.3) is 0 Å². The van der Waals surface area contributed by atoms with Gasteiger partial charge in [0.1, 0.15) is 12.4 Å². The van der Waals surface area contributed by atoms with Crippen molar-refractivity contribution in [3.8, 4) is 5.75 Å². The molecule has 0 aromatic heterocycles. The summed E-state index contributed by atoms with van der Waals surface area (Å²) in [5, 5.41) is 2.97. The Balaban J connectivity index is 1.71. The summed E-state index contributed by atoms with van der Waals surface area (Å²) in [7, 11) is 0. The van der Waals surface area contributed by atoms with Crippen molar-refractivity contribution in [3.63, 3.8) is 0 Å². The molecule has 0 saturated heterocycles. The van der Waals surface area contributed by atoms with Gasteiger partial charge in [0.05, 0.1) is 11.1 Å². The van der Waals surface area contributed by atoms with Crippen LogP contribution in [-0.4, -0.2) is 25.0 Å². The molecule has 0 atom stereocenters. The Morgan fingerprint density at radius 3 is 2.81 bits per heavy atom. The minimum absolute atomic E-state index is 0.00880. The van der Waals surface area contributed by atoms with Crippen molar-refractivity contribution >= 4 is 23.2 Å². The van der Waals surface area contributed by atoms with Gasteiger partial charge in [0.25, 0.3) is 0 Å². The molecule has 5 heteroatoms. The number of hydrogen-bond acceptors (Lipinski definition) is 3. The Morgan fingerprint density at radius 1 is 1.37 bits per heavy atom. The van der Waals surface area contributed by atoms with Gasteiger partial charge in [0, 0.05) is 24.7 Å². The highest BCUT2D eigenvalue weighted by molar-refractivity contribution is 6.00. The van der Waals surface area contributed by atoms with Crippen LogP contribution < -0.4 is 15.0 Å². The Morgan fingerprint density at radius 2 is 2.11 bits per heavy atom. The van der Waals surface area contributed by atoms with Crippen LogP contribution in [-0.2, 0) is 9.59 Å². The molecule has 0 radical (unpaired) electrons. The number of carbonyl (C=O) groups excluding carboxylic acids is 2. The Labute approximate surface area is 161 Å². The average Bonchev–Trinajstić information content (AvgIpc) is 3.13. The first-order valence-corrected chi connectivity index (χ1v) is 9.90. The third kappa shape index (κ3) is 4.52. The number of amides is 2. The standard InChI is InChI=1S/C22H30N2O3/c1-4-13-24-18-11-10-17(14-19(18)27-15-22(2,3)21(24)26)23-20(25)12-9-16-7-5-6-8-16/h4,10-11,14,16H,1,5-9,12-13,15H2,2-3H3,(H,23,25). The SMILES string of the molecule is C=CCN1C(=O)C(C)(C)COc2cc(NC(=O)CCC3CCCC3)ccc21. The van der Waals surface area contributed by atoms with Crippen molar-refractivity contribution in [3.05, 3.63) is 30.9 Å². The molecule has 2 aliphatic rings. The molecule has 1 fully saturated rings. The molecule has 0 unspecified atom stereocenters. The number of fused-ring (bicyclic) bond motifs is 1. The summed E-state index contributed by atoms with van der Waals surface area (Å²) in [6, 6.07) is 5.48. The molecule has 1 heterocycles. The second kappa shape index (κ2) is 8.15. The molecule has 146 valence electrons. The van der Waals surface area contributed by atoms with Crippen molar-refractivity contribution < 1.29 is 14.3 Å². The van der Waals surface area contributed by atoms with Gasteiger partial charge in [-0.1, -0.05) is 31.8 Å². The monoisotopic (exact) mass is 370 g/mol. The minimum atomic E-state index is -0.618. The number of rotatable bonds is 6. The van der Waals surface area contributed by atoms with E-state index >= 15 is 0 Å². The molecule has 0 bridgehead atoms. The first kappa shape index (κ1) is 19.5. The van der Waals surface area contributed by atoms with Crippen LogP contribution in [0.15, 0.2) is 30.9 Å². The Hall–Kier alpha value is -2.30. The highest BCUT2D eigenvalue weighted by Crippen LogP contribution is 2.38. The van der Waals surface area contributed by atoms with E-state index in [1.165, 1.54) is 25.7 Å². The van der Waals surface area contributed by atoms with Gasteiger partial charge in [-0.05, 0) is 38.3 Å². The molecular formula is C22H30N2O3. The van der Waals surface area contributed by atoms with Crippen molar-refractivity contribution in [2.45, 2.75) is 52.4 Å². The molecule has 1 aliphatic heterocycles. The van der Waals surface area contributed by atoms with Crippen molar-refractivity contribution in [2.75, 3.05) is 23.4 Å². The minimum Gasteiger partial charge on any atom is -0.490 e. The third-order valence-corrected chi connectivity index (χ3v) is 5.51. The van der Waals surface area contributed by atoms with E-state index in [-0.39, 0.29) is 11.8 Å². The number of nitrogens with zero attached hydrogens (tertiary/aromatic N) is 1. The van der Waals surface area contributed by atoms with Crippen LogP contribution in [0.4, 0.5) is 11.4 Å². The van der Waals surface area contributed by atoms with E-state index in [0.29, 0.717) is 36.9 Å². The van der Waals surface area contributed by atoms with Gasteiger partial charge in [-0.3, -0.25) is 9.59 Å². The number of anilines is 2. The largest absolute Gasteiger partial charge is 0.490 e. The predicted molar refractivity (Wildman–Crippen MR) is 108 cm³/mol. The fraction of sp³-hybridized carbons (Fsp3) is 0.545. The highest BCUT2D eigenvalue weighted by atomic mass is 16.5. The molecule has 27 heavy (non-hydrogen) atoms. The van der Waals surface area contributed by atoms with E-state index in [1.807, 2.05) is 32.0 Å². The van der Waals surface area contributed by atoms with Crippen LogP contribution in [0.1, 0.15) is 52.4 Å². The zero-order chi connectivity index (χ0) is 19.4. The third-order valence-electron chi connectivity index (χ3n) is 5.51. The molecule has 2 amide bonds. The fourth-order valence-corrected chi connectivity index (χ4v) is 3.89. The van der Waals surface area contributed by atoms with Crippen LogP contribution in [0.5, 0.6) is 5.75 Å². The lowest BCUT2D eigenvalue weighted by Gasteiger charge is -2.27. The summed E-state index contributed by atoms with van der Waals surface area (Å²) in [5.41, 5.74) is 0.803. The van der Waals surface area contributed by atoms with Crippen molar-refractivity contribution in [1.82, 2.24) is 0 Å². The van der Waals surface area contributed by atoms with Crippen molar-refractivity contribution in [1.29, 1.82) is 0 Å². The molecular weight excluding hydrogens is 340 g/mol. The summed E-state index contributed by atoms with van der Waals surface area (Å²) in [6.45, 7) is 8.23. The lowest BCUT2D eigenvalue weighted by molar-refractivity contribution is -0.127. The molecule has 0 spiro atoms. The van der Waals surface area contributed by atoms with E-state index in [1.54, 1.807) is 11.0 Å². The second-order valence-electron chi connectivity index (χ2n) is 8.30. The Bertz CT molecular complexity index is 720. The van der Waals surface area contributed by atoms with Crippen LogP contribution in [0.2, 0.25) is 0 Å². The number of carbonyl (C=O) groups is 2. The predicted octanol–water partition coefficient (Wildman–Crippen LogP) is 4.53. The molecule has 1 saturated carbocycles. The summed E-state index contributed by atoms with van der Waals surface area (Å²) in [6.07, 6.45) is 8.32. The second-order valence-corrected chi connectivity index (χ2v) is 8.30. The van der Waals surface area contributed by atoms with Crippen LogP contribution in [0.3, 0.4) is 0 Å². The van der Waals surface area contributed by atoms with Crippen LogP contribution >= 0.6 is 0 Å². The maximum atomic E-state index is 12.8. The zero-order valence-electron chi connectivity index (χ0n) is 16.4. The van der Waals surface area contributed by atoms with Crippen molar-refractivity contribution in [2.24, 2.45) is 11.3 Å². The maximum absolute atomic E-state index is 12.8. The van der Waals surface area contributed by atoms with Gasteiger partial charge < -0.3 is 15.0 Å². The first-order chi connectivity index (χ1) is 12.9. The van der Waals surface area contributed by atoms with Gasteiger partial charge in [-0.15, -0.1) is 6.58 Å². The number of hydrogen-bond donors (Lipinski definition) is 1. The van der Waals surface area contributed by atoms with Gasteiger partial charge in [-0.2, -0.15) is 0 Å². The normalized spacial score (nSPS) is 19.2. The molecule has 5 nitrogen and oxygen atoms in total. The number of nitrogens with one attached hydrogen (secondary N) is 1. The molecule has 3 rings (SSSR count). The molecule has 1 N–H and O–H groups in total. The lowest BCUT2D eigenvalue weighted by Crippen LogP contribution is -2.42. The fourth-order valence-electron chi connectivity index (χ4n) is 3.89. The quantitative estimate of drug-likeness (QED) is 0.748. The Kier molecular flexibility index (Phi) is 5.88. The topological polar surface area (TPSA) is 58.6 Å². The van der Waals surface area contributed by atoms with E-state index in [9.17, 15) is 9.59 Å². The molecule has 1 aromatic rings. The number of benzene rings is 1. The van der Waals surface area contributed by atoms with E-state index in [0.717, 1.165) is 12.1 Å². The van der Waals surface area contributed by atoms with Gasteiger partial charge >= 0.3 is 0 Å². The van der Waals surface area contributed by atoms with E-state index in [4.69, 9.17) is 4.74 Å². The van der Waals surface area contributed by atoms with E-state index in [2.05, 4.69) is 11.9 Å². The smallest absolute Gasteiger partial charge is 0.236 e. The maximum Gasteiger partial charge on any atom is 0.236 e.